The number of nitrogens with two attached hydrogens (primary N) is 1. The molecular formula is C12H29NO. The summed E-state index contributed by atoms with van der Waals surface area (Å²) in [6, 6.07) is 0. The second-order valence-electron chi connectivity index (χ2n) is 3.58. The van der Waals surface area contributed by atoms with Crippen LogP contribution in [-0.2, 0) is 0 Å². The van der Waals surface area contributed by atoms with E-state index >= 15 is 0 Å². The molecule has 0 bridgehead atoms. The fraction of sp³-hybridized carbons (Fsp3) is 1.00. The summed E-state index contributed by atoms with van der Waals surface area (Å²) < 4.78 is 0. The van der Waals surface area contributed by atoms with E-state index < -0.39 is 0 Å². The lowest BCUT2D eigenvalue weighted by Gasteiger charge is -1.99. The van der Waals surface area contributed by atoms with Gasteiger partial charge in [-0.25, -0.2) is 0 Å². The molecule has 0 aromatic carbocycles. The average Bonchev–Trinajstić information content (AvgIpc) is 2.18. The van der Waals surface area contributed by atoms with Crippen LogP contribution in [0.3, 0.4) is 0 Å². The molecule has 0 atom stereocenters. The normalized spacial score (nSPS) is 9.43. The van der Waals surface area contributed by atoms with Gasteiger partial charge in [0.2, 0.25) is 0 Å². The molecule has 2 nitrogen and oxygen atoms in total. The van der Waals surface area contributed by atoms with Crippen molar-refractivity contribution in [2.24, 2.45) is 5.73 Å². The van der Waals surface area contributed by atoms with E-state index in [4.69, 9.17) is 10.8 Å². The van der Waals surface area contributed by atoms with Gasteiger partial charge in [0.05, 0.1) is 0 Å². The summed E-state index contributed by atoms with van der Waals surface area (Å²) >= 11 is 0. The molecule has 3 N–H and O–H groups in total. The van der Waals surface area contributed by atoms with Gasteiger partial charge in [0.25, 0.3) is 0 Å². The molecular weight excluding hydrogens is 174 g/mol. The van der Waals surface area contributed by atoms with Gasteiger partial charge < -0.3 is 10.8 Å². The zero-order chi connectivity index (χ0) is 11.1. The molecule has 14 heavy (non-hydrogen) atoms. The summed E-state index contributed by atoms with van der Waals surface area (Å²) in [5.74, 6) is 0. The van der Waals surface area contributed by atoms with Crippen molar-refractivity contribution < 1.29 is 5.11 Å². The summed E-state index contributed by atoms with van der Waals surface area (Å²) in [6.07, 6.45) is 11.0. The average molecular weight is 203 g/mol. The van der Waals surface area contributed by atoms with E-state index in [-0.39, 0.29) is 6.61 Å². The van der Waals surface area contributed by atoms with E-state index in [0.29, 0.717) is 0 Å². The molecule has 0 aliphatic rings. The first-order valence-electron chi connectivity index (χ1n) is 6.14. The van der Waals surface area contributed by atoms with Gasteiger partial charge in [-0.2, -0.15) is 0 Å². The number of unbranched alkanes of at least 4 members (excludes halogenated alkanes) is 7. The van der Waals surface area contributed by atoms with Gasteiger partial charge >= 0.3 is 0 Å². The lowest BCUT2D eigenvalue weighted by atomic mass is 10.1. The lowest BCUT2D eigenvalue weighted by molar-refractivity contribution is 0.318. The van der Waals surface area contributed by atoms with Crippen molar-refractivity contribution in [2.75, 3.05) is 13.2 Å². The smallest absolute Gasteiger partial charge is 0.0402 e. The van der Waals surface area contributed by atoms with Crippen LogP contribution in [0.2, 0.25) is 0 Å². The van der Waals surface area contributed by atoms with Crippen LogP contribution in [0.1, 0.15) is 65.2 Å². The fourth-order valence-corrected chi connectivity index (χ4v) is 1.28. The standard InChI is InChI=1S/C10H23N.C2H6O/c1-2-3-4-5-6-7-8-9-10-11;1-2-3/h2-11H2,1H3;3H,2H2,1H3. The second-order valence-corrected chi connectivity index (χ2v) is 3.58. The van der Waals surface area contributed by atoms with Gasteiger partial charge in [-0.1, -0.05) is 51.9 Å². The van der Waals surface area contributed by atoms with Crippen LogP contribution in [0.25, 0.3) is 0 Å². The number of rotatable bonds is 8. The molecule has 0 saturated carbocycles. The summed E-state index contributed by atoms with van der Waals surface area (Å²) in [5.41, 5.74) is 5.39. The van der Waals surface area contributed by atoms with Crippen molar-refractivity contribution in [3.05, 3.63) is 0 Å². The lowest BCUT2D eigenvalue weighted by Crippen LogP contribution is -1.97. The van der Waals surface area contributed by atoms with E-state index in [0.717, 1.165) is 6.54 Å². The Hall–Kier alpha value is -0.0800. The fourth-order valence-electron chi connectivity index (χ4n) is 1.28. The van der Waals surface area contributed by atoms with Gasteiger partial charge in [0, 0.05) is 6.61 Å². The maximum atomic E-state index is 7.57. The SMILES string of the molecule is CCCCCCCCCCN.CCO. The van der Waals surface area contributed by atoms with Crippen LogP contribution in [0.4, 0.5) is 0 Å². The highest BCUT2D eigenvalue weighted by Gasteiger charge is 1.89. The predicted octanol–water partition coefficient (Wildman–Crippen LogP) is 3.08. The largest absolute Gasteiger partial charge is 0.397 e. The zero-order valence-corrected chi connectivity index (χ0v) is 10.1. The molecule has 0 fully saturated rings. The van der Waals surface area contributed by atoms with Crippen molar-refractivity contribution in [2.45, 2.75) is 65.2 Å². The molecule has 0 aromatic heterocycles. The minimum atomic E-state index is 0.250. The number of hydrogen-bond donors (Lipinski definition) is 2. The number of aliphatic hydroxyl groups is 1. The highest BCUT2D eigenvalue weighted by Crippen LogP contribution is 2.07. The van der Waals surface area contributed by atoms with Crippen LogP contribution < -0.4 is 5.73 Å². The predicted molar refractivity (Wildman–Crippen MR) is 64.4 cm³/mol. The number of aliphatic hydroxyl groups excluding tert-OH is 1. The minimum Gasteiger partial charge on any atom is -0.397 e. The first-order chi connectivity index (χ1) is 6.83. The molecule has 0 aliphatic carbocycles. The Morgan fingerprint density at radius 2 is 1.14 bits per heavy atom. The van der Waals surface area contributed by atoms with E-state index in [1.807, 2.05) is 0 Å². The Kier molecular flexibility index (Phi) is 21.8. The van der Waals surface area contributed by atoms with Crippen molar-refractivity contribution in [3.8, 4) is 0 Å². The highest BCUT2D eigenvalue weighted by atomic mass is 16.2. The quantitative estimate of drug-likeness (QED) is 0.595. The monoisotopic (exact) mass is 203 g/mol. The van der Waals surface area contributed by atoms with Gasteiger partial charge in [-0.3, -0.25) is 0 Å². The molecule has 0 aromatic rings. The molecule has 2 heteroatoms. The summed E-state index contributed by atoms with van der Waals surface area (Å²) in [6.45, 7) is 5.06. The molecule has 0 heterocycles. The summed E-state index contributed by atoms with van der Waals surface area (Å²) in [4.78, 5) is 0. The van der Waals surface area contributed by atoms with Crippen molar-refractivity contribution in [1.29, 1.82) is 0 Å². The molecule has 88 valence electrons. The Morgan fingerprint density at radius 1 is 0.786 bits per heavy atom. The minimum absolute atomic E-state index is 0.250. The topological polar surface area (TPSA) is 46.2 Å². The molecule has 0 spiro atoms. The third kappa shape index (κ3) is 22.7. The Bertz CT molecular complexity index is 68.7. The zero-order valence-electron chi connectivity index (χ0n) is 10.1. The Balaban J connectivity index is 0. The molecule has 0 radical (unpaired) electrons. The number of hydrogen-bond acceptors (Lipinski definition) is 2. The third-order valence-electron chi connectivity index (χ3n) is 2.06. The molecule has 0 rings (SSSR count). The Morgan fingerprint density at radius 3 is 1.50 bits per heavy atom. The molecule has 0 aliphatic heterocycles. The van der Waals surface area contributed by atoms with Crippen LogP contribution in [-0.4, -0.2) is 18.3 Å². The van der Waals surface area contributed by atoms with E-state index in [9.17, 15) is 0 Å². The Labute approximate surface area is 89.9 Å². The molecule has 0 amide bonds. The van der Waals surface area contributed by atoms with Gasteiger partial charge in [-0.15, -0.1) is 0 Å². The summed E-state index contributed by atoms with van der Waals surface area (Å²) in [5, 5.41) is 7.57. The molecule has 0 unspecified atom stereocenters. The van der Waals surface area contributed by atoms with E-state index in [1.54, 1.807) is 6.92 Å². The van der Waals surface area contributed by atoms with E-state index in [2.05, 4.69) is 6.92 Å². The van der Waals surface area contributed by atoms with E-state index in [1.165, 1.54) is 51.4 Å². The van der Waals surface area contributed by atoms with Gasteiger partial charge in [-0.05, 0) is 19.9 Å². The van der Waals surface area contributed by atoms with Crippen LogP contribution in [0.15, 0.2) is 0 Å². The van der Waals surface area contributed by atoms with Crippen LogP contribution >= 0.6 is 0 Å². The maximum Gasteiger partial charge on any atom is 0.0402 e. The first-order valence-corrected chi connectivity index (χ1v) is 6.14. The van der Waals surface area contributed by atoms with Crippen molar-refractivity contribution in [1.82, 2.24) is 0 Å². The van der Waals surface area contributed by atoms with Crippen molar-refractivity contribution in [3.63, 3.8) is 0 Å². The highest BCUT2D eigenvalue weighted by molar-refractivity contribution is 4.45. The van der Waals surface area contributed by atoms with Crippen LogP contribution in [0, 0.1) is 0 Å². The maximum absolute atomic E-state index is 7.57. The van der Waals surface area contributed by atoms with Crippen molar-refractivity contribution >= 4 is 0 Å². The van der Waals surface area contributed by atoms with Gasteiger partial charge in [0.1, 0.15) is 0 Å². The second kappa shape index (κ2) is 18.7. The first kappa shape index (κ1) is 16.4. The van der Waals surface area contributed by atoms with Gasteiger partial charge in [0.15, 0.2) is 0 Å². The third-order valence-corrected chi connectivity index (χ3v) is 2.06. The van der Waals surface area contributed by atoms with Crippen LogP contribution in [0.5, 0.6) is 0 Å². The summed E-state index contributed by atoms with van der Waals surface area (Å²) in [7, 11) is 0. The molecule has 0 saturated heterocycles.